The van der Waals surface area contributed by atoms with Gasteiger partial charge in [0.2, 0.25) is 0 Å². The van der Waals surface area contributed by atoms with Crippen molar-refractivity contribution in [1.82, 2.24) is 4.90 Å². The number of methoxy groups -OCH3 is 2. The smallest absolute Gasteiger partial charge is 0.260 e. The molecule has 0 N–H and O–H groups in total. The molecule has 0 radical (unpaired) electrons. The molecule has 5 heteroatoms. The van der Waals surface area contributed by atoms with E-state index in [2.05, 4.69) is 0 Å². The molecule has 0 unspecified atom stereocenters. The minimum Gasteiger partial charge on any atom is -0.483 e. The van der Waals surface area contributed by atoms with Gasteiger partial charge in [-0.05, 0) is 17.9 Å². The van der Waals surface area contributed by atoms with E-state index < -0.39 is 0 Å². The van der Waals surface area contributed by atoms with Crippen LogP contribution in [0.3, 0.4) is 0 Å². The lowest BCUT2D eigenvalue weighted by Crippen LogP contribution is -2.41. The standard InChI is InChI=1S/C19H23NO4/c1-22-12-15-10-16(23-2)11-20(15)19(21)13-24-18-9-5-7-14-6-3-4-8-17(14)18/h3-9,15-16H,10-13H2,1-2H3/t15-,16-/m0/s1. The summed E-state index contributed by atoms with van der Waals surface area (Å²) in [5.41, 5.74) is 0. The number of ether oxygens (including phenoxy) is 3. The maximum Gasteiger partial charge on any atom is 0.260 e. The van der Waals surface area contributed by atoms with Crippen LogP contribution in [0.4, 0.5) is 0 Å². The van der Waals surface area contributed by atoms with Gasteiger partial charge in [0.05, 0.1) is 18.8 Å². The summed E-state index contributed by atoms with van der Waals surface area (Å²) in [6.07, 6.45) is 0.858. The maximum atomic E-state index is 12.6. The van der Waals surface area contributed by atoms with Gasteiger partial charge in [0.1, 0.15) is 5.75 Å². The number of fused-ring (bicyclic) bond motifs is 1. The molecule has 128 valence electrons. The molecule has 1 fully saturated rings. The molecule has 1 saturated heterocycles. The average molecular weight is 329 g/mol. The SMILES string of the molecule is COC[C@@H]1C[C@H](OC)CN1C(=O)COc1cccc2ccccc12. The topological polar surface area (TPSA) is 48.0 Å². The Kier molecular flexibility index (Phi) is 5.33. The third-order valence-corrected chi connectivity index (χ3v) is 4.49. The Morgan fingerprint density at radius 3 is 2.75 bits per heavy atom. The van der Waals surface area contributed by atoms with Crippen molar-refractivity contribution in [3.8, 4) is 5.75 Å². The second-order valence-corrected chi connectivity index (χ2v) is 6.01. The van der Waals surface area contributed by atoms with Crippen LogP contribution in [0.1, 0.15) is 6.42 Å². The van der Waals surface area contributed by atoms with E-state index in [1.807, 2.05) is 47.4 Å². The molecule has 2 aromatic carbocycles. The molecule has 0 bridgehead atoms. The predicted molar refractivity (Wildman–Crippen MR) is 92.2 cm³/mol. The minimum absolute atomic E-state index is 0.0185. The summed E-state index contributed by atoms with van der Waals surface area (Å²) >= 11 is 0. The van der Waals surface area contributed by atoms with E-state index in [4.69, 9.17) is 14.2 Å². The van der Waals surface area contributed by atoms with E-state index in [0.29, 0.717) is 13.2 Å². The van der Waals surface area contributed by atoms with E-state index in [1.165, 1.54) is 0 Å². The van der Waals surface area contributed by atoms with Crippen LogP contribution in [0.15, 0.2) is 42.5 Å². The Morgan fingerprint density at radius 2 is 1.96 bits per heavy atom. The molecule has 1 aliphatic rings. The molecule has 24 heavy (non-hydrogen) atoms. The van der Waals surface area contributed by atoms with Crippen molar-refractivity contribution >= 4 is 16.7 Å². The molecule has 1 heterocycles. The van der Waals surface area contributed by atoms with Crippen molar-refractivity contribution in [3.63, 3.8) is 0 Å². The third-order valence-electron chi connectivity index (χ3n) is 4.49. The summed E-state index contributed by atoms with van der Waals surface area (Å²) in [7, 11) is 3.32. The highest BCUT2D eigenvalue weighted by atomic mass is 16.5. The third kappa shape index (κ3) is 3.52. The Hall–Kier alpha value is -2.11. The lowest BCUT2D eigenvalue weighted by molar-refractivity contribution is -0.135. The predicted octanol–water partition coefficient (Wildman–Crippen LogP) is 2.48. The van der Waals surface area contributed by atoms with Gasteiger partial charge in [-0.25, -0.2) is 0 Å². The first-order valence-electron chi connectivity index (χ1n) is 8.14. The first kappa shape index (κ1) is 16.7. The maximum absolute atomic E-state index is 12.6. The van der Waals surface area contributed by atoms with Crippen LogP contribution in [0.5, 0.6) is 5.75 Å². The van der Waals surface area contributed by atoms with Crippen LogP contribution in [0.2, 0.25) is 0 Å². The molecule has 0 spiro atoms. The highest BCUT2D eigenvalue weighted by Crippen LogP contribution is 2.26. The number of amides is 1. The monoisotopic (exact) mass is 329 g/mol. The van der Waals surface area contributed by atoms with Gasteiger partial charge in [-0.3, -0.25) is 4.79 Å². The van der Waals surface area contributed by atoms with Gasteiger partial charge in [0.15, 0.2) is 6.61 Å². The summed E-state index contributed by atoms with van der Waals surface area (Å²) in [6.45, 7) is 1.12. The Balaban J connectivity index is 1.68. The van der Waals surface area contributed by atoms with Crippen LogP contribution in [-0.4, -0.2) is 56.9 Å². The van der Waals surface area contributed by atoms with Gasteiger partial charge in [-0.2, -0.15) is 0 Å². The van der Waals surface area contributed by atoms with E-state index in [1.54, 1.807) is 14.2 Å². The average Bonchev–Trinajstić information content (AvgIpc) is 3.03. The van der Waals surface area contributed by atoms with E-state index in [9.17, 15) is 4.79 Å². The van der Waals surface area contributed by atoms with Crippen molar-refractivity contribution in [2.75, 3.05) is 34.0 Å². The van der Waals surface area contributed by atoms with Gasteiger partial charge >= 0.3 is 0 Å². The highest BCUT2D eigenvalue weighted by molar-refractivity contribution is 5.88. The molecule has 1 amide bonds. The van der Waals surface area contributed by atoms with Crippen molar-refractivity contribution in [1.29, 1.82) is 0 Å². The fourth-order valence-corrected chi connectivity index (χ4v) is 3.24. The lowest BCUT2D eigenvalue weighted by Gasteiger charge is -2.24. The molecular formula is C19H23NO4. The van der Waals surface area contributed by atoms with Gasteiger partial charge in [0, 0.05) is 26.2 Å². The summed E-state index contributed by atoms with van der Waals surface area (Å²) in [6, 6.07) is 13.9. The van der Waals surface area contributed by atoms with Crippen LogP contribution < -0.4 is 4.74 Å². The molecule has 1 aliphatic heterocycles. The van der Waals surface area contributed by atoms with Gasteiger partial charge in [0.25, 0.3) is 5.91 Å². The number of likely N-dealkylation sites (tertiary alicyclic amines) is 1. The molecule has 0 aliphatic carbocycles. The fourth-order valence-electron chi connectivity index (χ4n) is 3.24. The zero-order chi connectivity index (χ0) is 16.9. The first-order chi connectivity index (χ1) is 11.7. The largest absolute Gasteiger partial charge is 0.483 e. The van der Waals surface area contributed by atoms with Crippen molar-refractivity contribution < 1.29 is 19.0 Å². The molecular weight excluding hydrogens is 306 g/mol. The first-order valence-corrected chi connectivity index (χ1v) is 8.14. The molecule has 5 nitrogen and oxygen atoms in total. The zero-order valence-corrected chi connectivity index (χ0v) is 14.1. The van der Waals surface area contributed by atoms with Crippen LogP contribution >= 0.6 is 0 Å². The van der Waals surface area contributed by atoms with Crippen LogP contribution in [-0.2, 0) is 14.3 Å². The fraction of sp³-hybridized carbons (Fsp3) is 0.421. The molecule has 0 aromatic heterocycles. The number of rotatable bonds is 6. The number of hydrogen-bond acceptors (Lipinski definition) is 4. The second-order valence-electron chi connectivity index (χ2n) is 6.01. The second kappa shape index (κ2) is 7.64. The van der Waals surface area contributed by atoms with Gasteiger partial charge in [-0.1, -0.05) is 36.4 Å². The highest BCUT2D eigenvalue weighted by Gasteiger charge is 2.35. The van der Waals surface area contributed by atoms with Crippen molar-refractivity contribution in [2.24, 2.45) is 0 Å². The normalized spacial score (nSPS) is 20.5. The van der Waals surface area contributed by atoms with Crippen molar-refractivity contribution in [2.45, 2.75) is 18.6 Å². The summed E-state index contributed by atoms with van der Waals surface area (Å²) in [5.74, 6) is 0.691. The number of carbonyl (C=O) groups is 1. The minimum atomic E-state index is -0.0375. The van der Waals surface area contributed by atoms with E-state index in [-0.39, 0.29) is 24.7 Å². The van der Waals surface area contributed by atoms with Crippen LogP contribution in [0, 0.1) is 0 Å². The zero-order valence-electron chi connectivity index (χ0n) is 14.1. The van der Waals surface area contributed by atoms with E-state index >= 15 is 0 Å². The number of nitrogens with zero attached hydrogens (tertiary/aromatic N) is 1. The summed E-state index contributed by atoms with van der Waals surface area (Å²) in [5, 5.41) is 2.11. The Morgan fingerprint density at radius 1 is 1.17 bits per heavy atom. The van der Waals surface area contributed by atoms with Crippen LogP contribution in [0.25, 0.3) is 10.8 Å². The molecule has 0 saturated carbocycles. The number of carbonyl (C=O) groups excluding carboxylic acids is 1. The molecule has 2 atom stereocenters. The summed E-state index contributed by atoms with van der Waals surface area (Å²) in [4.78, 5) is 14.4. The quantitative estimate of drug-likeness (QED) is 0.817. The van der Waals surface area contributed by atoms with Gasteiger partial charge < -0.3 is 19.1 Å². The van der Waals surface area contributed by atoms with E-state index in [0.717, 1.165) is 22.9 Å². The lowest BCUT2D eigenvalue weighted by atomic mass is 10.1. The number of benzene rings is 2. The summed E-state index contributed by atoms with van der Waals surface area (Å²) < 4.78 is 16.4. The number of hydrogen-bond donors (Lipinski definition) is 0. The molecule has 2 aromatic rings. The Bertz CT molecular complexity index is 697. The molecule has 3 rings (SSSR count). The van der Waals surface area contributed by atoms with Crippen molar-refractivity contribution in [3.05, 3.63) is 42.5 Å². The van der Waals surface area contributed by atoms with Gasteiger partial charge in [-0.15, -0.1) is 0 Å². The Labute approximate surface area is 142 Å².